The SMILES string of the molecule is OCCc1cn(CCOc2ccccc2Cl)nc1C(F)(F)F. The van der Waals surface area contributed by atoms with E-state index < -0.39 is 11.9 Å². The third-order valence-electron chi connectivity index (χ3n) is 2.90. The molecule has 0 saturated carbocycles. The quantitative estimate of drug-likeness (QED) is 0.882. The first kappa shape index (κ1) is 16.6. The highest BCUT2D eigenvalue weighted by Crippen LogP contribution is 2.31. The van der Waals surface area contributed by atoms with Crippen molar-refractivity contribution in [2.75, 3.05) is 13.2 Å². The van der Waals surface area contributed by atoms with E-state index in [2.05, 4.69) is 5.10 Å². The number of aliphatic hydroxyl groups is 1. The molecule has 1 aromatic heterocycles. The molecule has 0 aliphatic heterocycles. The lowest BCUT2D eigenvalue weighted by atomic mass is 10.2. The minimum absolute atomic E-state index is 0.0345. The van der Waals surface area contributed by atoms with Crippen molar-refractivity contribution in [1.82, 2.24) is 9.78 Å². The number of benzene rings is 1. The summed E-state index contributed by atoms with van der Waals surface area (Å²) in [6.07, 6.45) is -3.37. The van der Waals surface area contributed by atoms with Gasteiger partial charge in [-0.15, -0.1) is 0 Å². The van der Waals surface area contributed by atoms with Crippen molar-refractivity contribution in [3.63, 3.8) is 0 Å². The van der Waals surface area contributed by atoms with Crippen LogP contribution < -0.4 is 4.74 Å². The lowest BCUT2D eigenvalue weighted by molar-refractivity contribution is -0.142. The van der Waals surface area contributed by atoms with Crippen LogP contribution in [-0.2, 0) is 19.1 Å². The highest BCUT2D eigenvalue weighted by molar-refractivity contribution is 6.32. The lowest BCUT2D eigenvalue weighted by Crippen LogP contribution is -2.12. The molecular formula is C14H14ClF3N2O2. The highest BCUT2D eigenvalue weighted by Gasteiger charge is 2.36. The van der Waals surface area contributed by atoms with Crippen LogP contribution >= 0.6 is 11.6 Å². The van der Waals surface area contributed by atoms with E-state index in [1.165, 1.54) is 6.20 Å². The molecule has 0 aliphatic carbocycles. The minimum atomic E-state index is -4.54. The van der Waals surface area contributed by atoms with Gasteiger partial charge in [-0.3, -0.25) is 4.68 Å². The summed E-state index contributed by atoms with van der Waals surface area (Å²) in [5.41, 5.74) is -1.01. The Kier molecular flexibility index (Phi) is 5.31. The van der Waals surface area contributed by atoms with Crippen LogP contribution in [0.25, 0.3) is 0 Å². The zero-order valence-electron chi connectivity index (χ0n) is 11.5. The minimum Gasteiger partial charge on any atom is -0.490 e. The summed E-state index contributed by atoms with van der Waals surface area (Å²) < 4.78 is 45.0. The number of hydrogen-bond acceptors (Lipinski definition) is 3. The summed E-state index contributed by atoms with van der Waals surface area (Å²) in [6.45, 7) is -0.105. The van der Waals surface area contributed by atoms with Crippen LogP contribution in [0.15, 0.2) is 30.5 Å². The second kappa shape index (κ2) is 7.02. The van der Waals surface area contributed by atoms with Gasteiger partial charge in [0.15, 0.2) is 5.69 Å². The fourth-order valence-corrected chi connectivity index (χ4v) is 2.12. The molecule has 4 nitrogen and oxygen atoms in total. The molecule has 0 aliphatic rings. The molecule has 0 saturated heterocycles. The maximum atomic E-state index is 12.8. The topological polar surface area (TPSA) is 47.3 Å². The van der Waals surface area contributed by atoms with E-state index in [-0.39, 0.29) is 31.7 Å². The average molecular weight is 335 g/mol. The molecule has 0 bridgehead atoms. The Balaban J connectivity index is 2.03. The molecule has 0 radical (unpaired) electrons. The van der Waals surface area contributed by atoms with E-state index in [9.17, 15) is 13.2 Å². The number of nitrogens with zero attached hydrogens (tertiary/aromatic N) is 2. The first-order valence-electron chi connectivity index (χ1n) is 6.53. The zero-order chi connectivity index (χ0) is 16.2. The molecule has 22 heavy (non-hydrogen) atoms. The number of hydrogen-bond donors (Lipinski definition) is 1. The van der Waals surface area contributed by atoms with Gasteiger partial charge >= 0.3 is 6.18 Å². The molecule has 1 heterocycles. The molecule has 2 rings (SSSR count). The van der Waals surface area contributed by atoms with Gasteiger partial charge < -0.3 is 9.84 Å². The van der Waals surface area contributed by atoms with Crippen molar-refractivity contribution >= 4 is 11.6 Å². The molecule has 1 N–H and O–H groups in total. The number of para-hydroxylation sites is 1. The van der Waals surface area contributed by atoms with Crippen LogP contribution in [0.2, 0.25) is 5.02 Å². The van der Waals surface area contributed by atoms with E-state index in [0.29, 0.717) is 10.8 Å². The van der Waals surface area contributed by atoms with Crippen LogP contribution in [0.1, 0.15) is 11.3 Å². The fraction of sp³-hybridized carbons (Fsp3) is 0.357. The van der Waals surface area contributed by atoms with Gasteiger partial charge in [0.25, 0.3) is 0 Å². The Hall–Kier alpha value is -1.73. The first-order chi connectivity index (χ1) is 10.4. The highest BCUT2D eigenvalue weighted by atomic mass is 35.5. The molecule has 0 atom stereocenters. The smallest absolute Gasteiger partial charge is 0.435 e. The first-order valence-corrected chi connectivity index (χ1v) is 6.91. The second-order valence-electron chi connectivity index (χ2n) is 4.52. The predicted molar refractivity (Wildman–Crippen MR) is 75.0 cm³/mol. The molecule has 2 aromatic rings. The third kappa shape index (κ3) is 4.14. The predicted octanol–water partition coefficient (Wildman–Crippen LogP) is 3.17. The Morgan fingerprint density at radius 2 is 2.00 bits per heavy atom. The summed E-state index contributed by atoms with van der Waals surface area (Å²) in [4.78, 5) is 0. The van der Waals surface area contributed by atoms with Gasteiger partial charge in [-0.1, -0.05) is 23.7 Å². The summed E-state index contributed by atoms with van der Waals surface area (Å²) in [5, 5.41) is 12.8. The van der Waals surface area contributed by atoms with Gasteiger partial charge in [-0.05, 0) is 18.6 Å². The summed E-state index contributed by atoms with van der Waals surface area (Å²) in [5.74, 6) is 0.461. The third-order valence-corrected chi connectivity index (χ3v) is 3.21. The van der Waals surface area contributed by atoms with Gasteiger partial charge in [0.1, 0.15) is 12.4 Å². The molecule has 120 valence electrons. The molecule has 8 heteroatoms. The fourth-order valence-electron chi connectivity index (χ4n) is 1.93. The van der Waals surface area contributed by atoms with Crippen LogP contribution in [0.3, 0.4) is 0 Å². The van der Waals surface area contributed by atoms with Gasteiger partial charge in [-0.25, -0.2) is 0 Å². The van der Waals surface area contributed by atoms with Crippen molar-refractivity contribution in [3.05, 3.63) is 46.7 Å². The standard InChI is InChI=1S/C14H14ClF3N2O2/c15-11-3-1-2-4-12(11)22-8-6-20-9-10(5-7-21)13(19-20)14(16,17)18/h1-4,9,21H,5-8H2. The van der Waals surface area contributed by atoms with Crippen LogP contribution in [0.4, 0.5) is 13.2 Å². The maximum Gasteiger partial charge on any atom is 0.435 e. The number of alkyl halides is 3. The van der Waals surface area contributed by atoms with Gasteiger partial charge in [0.2, 0.25) is 0 Å². The van der Waals surface area contributed by atoms with Crippen LogP contribution in [0, 0.1) is 0 Å². The second-order valence-corrected chi connectivity index (χ2v) is 4.92. The number of ether oxygens (including phenoxy) is 1. The maximum absolute atomic E-state index is 12.8. The summed E-state index contributed by atoms with van der Waals surface area (Å²) in [7, 11) is 0. The largest absolute Gasteiger partial charge is 0.490 e. The number of rotatable bonds is 6. The molecule has 0 fully saturated rings. The Bertz CT molecular complexity index is 629. The molecule has 1 aromatic carbocycles. The molecule has 0 spiro atoms. The monoisotopic (exact) mass is 334 g/mol. The van der Waals surface area contributed by atoms with Crippen LogP contribution in [-0.4, -0.2) is 28.1 Å². The zero-order valence-corrected chi connectivity index (χ0v) is 12.2. The van der Waals surface area contributed by atoms with Crippen molar-refractivity contribution in [2.45, 2.75) is 19.1 Å². The Morgan fingerprint density at radius 3 is 2.64 bits per heavy atom. The van der Waals surface area contributed by atoms with Crippen molar-refractivity contribution < 1.29 is 23.0 Å². The van der Waals surface area contributed by atoms with Crippen molar-refractivity contribution in [3.8, 4) is 5.75 Å². The van der Waals surface area contributed by atoms with E-state index >= 15 is 0 Å². The van der Waals surface area contributed by atoms with Crippen molar-refractivity contribution in [2.24, 2.45) is 0 Å². The number of aliphatic hydroxyl groups excluding tert-OH is 1. The summed E-state index contributed by atoms with van der Waals surface area (Å²) >= 11 is 5.91. The number of aromatic nitrogens is 2. The van der Waals surface area contributed by atoms with E-state index in [0.717, 1.165) is 4.68 Å². The summed E-state index contributed by atoms with van der Waals surface area (Å²) in [6, 6.07) is 6.82. The average Bonchev–Trinajstić information content (AvgIpc) is 2.85. The van der Waals surface area contributed by atoms with E-state index in [1.54, 1.807) is 24.3 Å². The van der Waals surface area contributed by atoms with Gasteiger partial charge in [0.05, 0.1) is 11.6 Å². The van der Waals surface area contributed by atoms with Gasteiger partial charge in [-0.2, -0.15) is 18.3 Å². The molecule has 0 amide bonds. The Labute approximate surface area is 130 Å². The van der Waals surface area contributed by atoms with E-state index in [4.69, 9.17) is 21.4 Å². The normalized spacial score (nSPS) is 11.7. The van der Waals surface area contributed by atoms with Gasteiger partial charge in [0, 0.05) is 18.4 Å². The van der Waals surface area contributed by atoms with Crippen LogP contribution in [0.5, 0.6) is 5.75 Å². The lowest BCUT2D eigenvalue weighted by Gasteiger charge is -2.07. The molecule has 0 unspecified atom stereocenters. The number of halogens is 4. The van der Waals surface area contributed by atoms with E-state index in [1.807, 2.05) is 0 Å². The Morgan fingerprint density at radius 1 is 1.27 bits per heavy atom. The van der Waals surface area contributed by atoms with Crippen molar-refractivity contribution in [1.29, 1.82) is 0 Å². The molecular weight excluding hydrogens is 321 g/mol.